The van der Waals surface area contributed by atoms with Gasteiger partial charge in [-0.15, -0.1) is 0 Å². The Hall–Kier alpha value is -3.36. The van der Waals surface area contributed by atoms with Gasteiger partial charge in [-0.25, -0.2) is 18.5 Å². The van der Waals surface area contributed by atoms with E-state index < -0.39 is 34.9 Å². The first-order valence-corrected chi connectivity index (χ1v) is 8.01. The van der Waals surface area contributed by atoms with Crippen LogP contribution in [0, 0.1) is 24.0 Å². The standard InChI is InChI=1S/C18H16F2N4O3/c1-10-4-3-7-23(15(10)26)9-18(12-5-6-13(19)14(20)8-12)16(21)24(11(2)25)17(27)22-18/h3-8,21H,9H2,1-2H3,(H,22,27). The lowest BCUT2D eigenvalue weighted by molar-refractivity contribution is -0.122. The van der Waals surface area contributed by atoms with Gasteiger partial charge in [-0.3, -0.25) is 15.0 Å². The number of hydrogen-bond donors (Lipinski definition) is 2. The minimum absolute atomic E-state index is 0.0388. The molecule has 2 aromatic rings. The molecule has 1 unspecified atom stereocenters. The maximum absolute atomic E-state index is 13.9. The Labute approximate surface area is 152 Å². The van der Waals surface area contributed by atoms with Crippen LogP contribution in [-0.4, -0.2) is 27.2 Å². The molecular formula is C18H16F2N4O3. The van der Waals surface area contributed by atoms with Crippen LogP contribution in [0.4, 0.5) is 13.6 Å². The molecule has 1 aliphatic heterocycles. The molecule has 2 heterocycles. The molecular weight excluding hydrogens is 358 g/mol. The van der Waals surface area contributed by atoms with Crippen LogP contribution in [0.5, 0.6) is 0 Å². The van der Waals surface area contributed by atoms with Gasteiger partial charge in [0.15, 0.2) is 11.6 Å². The molecule has 1 saturated heterocycles. The third-order valence-corrected chi connectivity index (χ3v) is 4.50. The summed E-state index contributed by atoms with van der Waals surface area (Å²) in [7, 11) is 0. The molecule has 0 spiro atoms. The van der Waals surface area contributed by atoms with Gasteiger partial charge in [-0.05, 0) is 30.7 Å². The average Bonchev–Trinajstić information content (AvgIpc) is 2.85. The first-order chi connectivity index (χ1) is 12.7. The fourth-order valence-electron chi connectivity index (χ4n) is 3.10. The Morgan fingerprint density at radius 2 is 1.93 bits per heavy atom. The molecule has 1 atom stereocenters. The Kier molecular flexibility index (Phi) is 4.38. The maximum atomic E-state index is 13.9. The van der Waals surface area contributed by atoms with E-state index in [9.17, 15) is 23.2 Å². The molecule has 0 aliphatic carbocycles. The summed E-state index contributed by atoms with van der Waals surface area (Å²) in [6, 6.07) is 5.24. The number of urea groups is 1. The summed E-state index contributed by atoms with van der Waals surface area (Å²) in [4.78, 5) is 37.1. The lowest BCUT2D eigenvalue weighted by Gasteiger charge is -2.30. The van der Waals surface area contributed by atoms with Gasteiger partial charge in [0.25, 0.3) is 5.56 Å². The van der Waals surface area contributed by atoms with Gasteiger partial charge < -0.3 is 9.88 Å². The first kappa shape index (κ1) is 18.4. The largest absolute Gasteiger partial charge is 0.330 e. The molecule has 1 fully saturated rings. The van der Waals surface area contributed by atoms with Gasteiger partial charge in [0.1, 0.15) is 11.4 Å². The summed E-state index contributed by atoms with van der Waals surface area (Å²) in [5.41, 5.74) is -1.62. The number of rotatable bonds is 3. The maximum Gasteiger partial charge on any atom is 0.330 e. The molecule has 0 bridgehead atoms. The highest BCUT2D eigenvalue weighted by atomic mass is 19.2. The molecule has 1 aliphatic rings. The number of imide groups is 1. The number of amidine groups is 1. The number of aromatic nitrogens is 1. The monoisotopic (exact) mass is 374 g/mol. The Bertz CT molecular complexity index is 1030. The number of carbonyl (C=O) groups excluding carboxylic acids is 2. The van der Waals surface area contributed by atoms with Crippen molar-refractivity contribution in [2.45, 2.75) is 25.9 Å². The van der Waals surface area contributed by atoms with Crippen LogP contribution >= 0.6 is 0 Å². The number of amides is 3. The van der Waals surface area contributed by atoms with E-state index >= 15 is 0 Å². The molecule has 3 amide bonds. The highest BCUT2D eigenvalue weighted by Gasteiger charge is 2.51. The van der Waals surface area contributed by atoms with Crippen LogP contribution in [0.1, 0.15) is 18.1 Å². The SMILES string of the molecule is CC(=O)N1C(=N)C(Cn2cccc(C)c2=O)(c2ccc(F)c(F)c2)NC1=O. The summed E-state index contributed by atoms with van der Waals surface area (Å²) >= 11 is 0. The lowest BCUT2D eigenvalue weighted by atomic mass is 9.88. The molecule has 0 radical (unpaired) electrons. The number of aryl methyl sites for hydroxylation is 1. The zero-order valence-electron chi connectivity index (χ0n) is 14.5. The zero-order valence-corrected chi connectivity index (χ0v) is 14.5. The summed E-state index contributed by atoms with van der Waals surface area (Å²) in [5, 5.41) is 10.9. The molecule has 1 aromatic carbocycles. The second-order valence-corrected chi connectivity index (χ2v) is 6.29. The molecule has 9 heteroatoms. The van der Waals surface area contributed by atoms with Crippen molar-refractivity contribution in [2.24, 2.45) is 0 Å². The van der Waals surface area contributed by atoms with E-state index in [2.05, 4.69) is 5.32 Å². The predicted octanol–water partition coefficient (Wildman–Crippen LogP) is 1.88. The van der Waals surface area contributed by atoms with E-state index in [0.717, 1.165) is 19.1 Å². The second kappa shape index (κ2) is 6.42. The normalized spacial score (nSPS) is 19.3. The van der Waals surface area contributed by atoms with Gasteiger partial charge in [0.05, 0.1) is 6.54 Å². The quantitative estimate of drug-likeness (QED) is 0.859. The average molecular weight is 374 g/mol. The molecule has 2 N–H and O–H groups in total. The fraction of sp³-hybridized carbons (Fsp3) is 0.222. The zero-order chi connectivity index (χ0) is 19.9. The van der Waals surface area contributed by atoms with Gasteiger partial charge in [0.2, 0.25) is 5.91 Å². The lowest BCUT2D eigenvalue weighted by Crippen LogP contribution is -2.49. The van der Waals surface area contributed by atoms with Crippen molar-refractivity contribution < 1.29 is 18.4 Å². The topological polar surface area (TPSA) is 95.3 Å². The Morgan fingerprint density at radius 1 is 1.22 bits per heavy atom. The third kappa shape index (κ3) is 2.90. The highest BCUT2D eigenvalue weighted by Crippen LogP contribution is 2.32. The molecule has 7 nitrogen and oxygen atoms in total. The van der Waals surface area contributed by atoms with Gasteiger partial charge in [0, 0.05) is 18.7 Å². The van der Waals surface area contributed by atoms with Crippen molar-refractivity contribution in [1.29, 1.82) is 5.41 Å². The fourth-order valence-corrected chi connectivity index (χ4v) is 3.10. The first-order valence-electron chi connectivity index (χ1n) is 8.01. The van der Waals surface area contributed by atoms with Crippen molar-refractivity contribution >= 4 is 17.8 Å². The number of halogens is 2. The highest BCUT2D eigenvalue weighted by molar-refractivity contribution is 6.19. The van der Waals surface area contributed by atoms with Gasteiger partial charge >= 0.3 is 6.03 Å². The molecule has 27 heavy (non-hydrogen) atoms. The number of hydrogen-bond acceptors (Lipinski definition) is 4. The smallest absolute Gasteiger partial charge is 0.319 e. The molecule has 140 valence electrons. The predicted molar refractivity (Wildman–Crippen MR) is 92.3 cm³/mol. The van der Waals surface area contributed by atoms with E-state index in [4.69, 9.17) is 5.41 Å². The Morgan fingerprint density at radius 3 is 2.52 bits per heavy atom. The number of nitrogens with one attached hydrogen (secondary N) is 2. The van der Waals surface area contributed by atoms with Crippen LogP contribution < -0.4 is 10.9 Å². The van der Waals surface area contributed by atoms with Crippen LogP contribution in [0.25, 0.3) is 0 Å². The van der Waals surface area contributed by atoms with E-state index in [1.54, 1.807) is 19.1 Å². The van der Waals surface area contributed by atoms with Crippen molar-refractivity contribution in [1.82, 2.24) is 14.8 Å². The number of pyridine rings is 1. The van der Waals surface area contributed by atoms with Gasteiger partial charge in [-0.1, -0.05) is 12.1 Å². The summed E-state index contributed by atoms with van der Waals surface area (Å²) in [6.07, 6.45) is 1.45. The second-order valence-electron chi connectivity index (χ2n) is 6.29. The summed E-state index contributed by atoms with van der Waals surface area (Å²) < 4.78 is 28.5. The summed E-state index contributed by atoms with van der Waals surface area (Å²) in [5.74, 6) is -3.45. The van der Waals surface area contributed by atoms with Crippen molar-refractivity contribution in [2.75, 3.05) is 0 Å². The molecule has 1 aromatic heterocycles. The number of nitrogens with zero attached hydrogens (tertiary/aromatic N) is 2. The van der Waals surface area contributed by atoms with E-state index in [1.807, 2.05) is 0 Å². The van der Waals surface area contributed by atoms with Crippen LogP contribution in [0.15, 0.2) is 41.3 Å². The van der Waals surface area contributed by atoms with E-state index in [0.29, 0.717) is 10.5 Å². The van der Waals surface area contributed by atoms with Crippen LogP contribution in [-0.2, 0) is 16.9 Å². The Balaban J connectivity index is 2.21. The summed E-state index contributed by atoms with van der Waals surface area (Å²) in [6.45, 7) is 2.44. The van der Waals surface area contributed by atoms with Crippen LogP contribution in [0.2, 0.25) is 0 Å². The third-order valence-electron chi connectivity index (χ3n) is 4.50. The minimum Gasteiger partial charge on any atom is -0.319 e. The van der Waals surface area contributed by atoms with E-state index in [-0.39, 0.29) is 17.7 Å². The van der Waals surface area contributed by atoms with Crippen molar-refractivity contribution in [3.8, 4) is 0 Å². The number of carbonyl (C=O) groups is 2. The van der Waals surface area contributed by atoms with Crippen molar-refractivity contribution in [3.63, 3.8) is 0 Å². The van der Waals surface area contributed by atoms with E-state index in [1.165, 1.54) is 16.8 Å². The van der Waals surface area contributed by atoms with Crippen molar-refractivity contribution in [3.05, 3.63) is 69.6 Å². The van der Waals surface area contributed by atoms with Crippen LogP contribution in [0.3, 0.4) is 0 Å². The number of benzene rings is 1. The molecule has 0 saturated carbocycles. The van der Waals surface area contributed by atoms with Gasteiger partial charge in [-0.2, -0.15) is 0 Å². The molecule has 3 rings (SSSR count). The minimum atomic E-state index is -1.71.